The third kappa shape index (κ3) is 36.6. The molecule has 0 saturated heterocycles. The molecule has 0 fully saturated rings. The molecule has 0 aliphatic carbocycles. The summed E-state index contributed by atoms with van der Waals surface area (Å²) in [5.74, 6) is -0.194. The molecule has 0 aliphatic rings. The van der Waals surface area contributed by atoms with Crippen molar-refractivity contribution in [2.45, 2.75) is 231 Å². The van der Waals surface area contributed by atoms with Gasteiger partial charge in [0.15, 0.2) is 0 Å². The summed E-state index contributed by atoms with van der Waals surface area (Å²) in [6, 6.07) is -0.820. The Balaban J connectivity index is 3.84. The molecule has 0 unspecified atom stereocenters. The first kappa shape index (κ1) is 47.3. The van der Waals surface area contributed by atoms with Crippen LogP contribution < -0.4 is 5.32 Å². The van der Waals surface area contributed by atoms with Gasteiger partial charge in [-0.2, -0.15) is 0 Å². The molecule has 0 rings (SSSR count). The molecule has 2 atom stereocenters. The SMILES string of the molecule is CCCCCCCC/C=C/CCCCCCCCCCCCCC(=O)N[C@@H](COP(=O)(O)O)[C@H](O)CCCCCCCCCCCCC. The van der Waals surface area contributed by atoms with Crippen molar-refractivity contribution in [1.29, 1.82) is 0 Å². The molecular formula is C40H80NO6P. The molecular weight excluding hydrogens is 621 g/mol. The number of aliphatic hydroxyl groups excluding tert-OH is 1. The average molecular weight is 702 g/mol. The molecule has 7 nitrogen and oxygen atoms in total. The van der Waals surface area contributed by atoms with Crippen molar-refractivity contribution in [3.8, 4) is 0 Å². The van der Waals surface area contributed by atoms with E-state index in [-0.39, 0.29) is 5.91 Å². The van der Waals surface area contributed by atoms with Crippen molar-refractivity contribution >= 4 is 13.7 Å². The number of carbonyl (C=O) groups excluding carboxylic acids is 1. The van der Waals surface area contributed by atoms with Crippen LogP contribution in [0.15, 0.2) is 12.2 Å². The van der Waals surface area contributed by atoms with E-state index in [1.54, 1.807) is 0 Å². The Kier molecular flexibility index (Phi) is 35.5. The zero-order valence-electron chi connectivity index (χ0n) is 31.7. The zero-order valence-corrected chi connectivity index (χ0v) is 32.6. The van der Waals surface area contributed by atoms with Crippen molar-refractivity contribution in [1.82, 2.24) is 5.32 Å². The lowest BCUT2D eigenvalue weighted by atomic mass is 10.0. The maximum absolute atomic E-state index is 12.6. The van der Waals surface area contributed by atoms with Gasteiger partial charge in [0.2, 0.25) is 5.91 Å². The van der Waals surface area contributed by atoms with Gasteiger partial charge in [-0.1, -0.05) is 187 Å². The third-order valence-corrected chi connectivity index (χ3v) is 9.99. The van der Waals surface area contributed by atoms with Gasteiger partial charge in [0.25, 0.3) is 0 Å². The van der Waals surface area contributed by atoms with E-state index >= 15 is 0 Å². The Hall–Kier alpha value is -0.720. The normalized spacial score (nSPS) is 13.4. The molecule has 0 aromatic heterocycles. The van der Waals surface area contributed by atoms with E-state index in [0.717, 1.165) is 38.5 Å². The van der Waals surface area contributed by atoms with Gasteiger partial charge >= 0.3 is 7.82 Å². The quantitative estimate of drug-likeness (QED) is 0.0289. The fourth-order valence-electron chi connectivity index (χ4n) is 6.34. The number of nitrogens with one attached hydrogen (secondary N) is 1. The lowest BCUT2D eigenvalue weighted by Crippen LogP contribution is -2.46. The lowest BCUT2D eigenvalue weighted by Gasteiger charge is -2.24. The van der Waals surface area contributed by atoms with Crippen LogP contribution >= 0.6 is 7.82 Å². The number of aliphatic hydroxyl groups is 1. The smallest absolute Gasteiger partial charge is 0.391 e. The van der Waals surface area contributed by atoms with Crippen LogP contribution in [0, 0.1) is 0 Å². The van der Waals surface area contributed by atoms with Gasteiger partial charge in [0.05, 0.1) is 18.8 Å². The number of phosphoric acid groups is 1. The van der Waals surface area contributed by atoms with Gasteiger partial charge in [0, 0.05) is 6.42 Å². The van der Waals surface area contributed by atoms with Crippen LogP contribution in [0.2, 0.25) is 0 Å². The lowest BCUT2D eigenvalue weighted by molar-refractivity contribution is -0.123. The van der Waals surface area contributed by atoms with E-state index < -0.39 is 26.6 Å². The first-order valence-electron chi connectivity index (χ1n) is 20.6. The number of hydrogen-bond acceptors (Lipinski definition) is 4. The average Bonchev–Trinajstić information content (AvgIpc) is 3.05. The monoisotopic (exact) mass is 702 g/mol. The molecule has 4 N–H and O–H groups in total. The van der Waals surface area contributed by atoms with E-state index in [0.29, 0.717) is 12.8 Å². The number of phosphoric ester groups is 1. The van der Waals surface area contributed by atoms with Crippen LogP contribution in [0.25, 0.3) is 0 Å². The number of carbonyl (C=O) groups is 1. The minimum absolute atomic E-state index is 0.194. The maximum atomic E-state index is 12.6. The Morgan fingerprint density at radius 3 is 1.33 bits per heavy atom. The molecule has 8 heteroatoms. The Labute approximate surface area is 297 Å². The predicted molar refractivity (Wildman–Crippen MR) is 204 cm³/mol. The molecule has 48 heavy (non-hydrogen) atoms. The molecule has 0 aromatic carbocycles. The number of rotatable bonds is 38. The molecule has 0 heterocycles. The Bertz CT molecular complexity index is 758. The standard InChI is InChI=1S/C40H80NO6P/c1-3-5-7-9-11-13-15-16-17-18-19-20-21-22-23-24-26-28-30-32-34-36-40(43)41-38(37-47-48(44,45)46)39(42)35-33-31-29-27-25-14-12-10-8-6-4-2/h16-17,38-39,42H,3-15,18-37H2,1-2H3,(H,41,43)(H2,44,45,46)/b17-16+/t38-,39+/m0/s1. The fourth-order valence-corrected chi connectivity index (χ4v) is 6.70. The van der Waals surface area contributed by atoms with Gasteiger partial charge < -0.3 is 20.2 Å². The van der Waals surface area contributed by atoms with Crippen LogP contribution in [0.4, 0.5) is 0 Å². The summed E-state index contributed by atoms with van der Waals surface area (Å²) in [6.45, 7) is 4.11. The van der Waals surface area contributed by atoms with Gasteiger partial charge in [-0.15, -0.1) is 0 Å². The fraction of sp³-hybridized carbons (Fsp3) is 0.925. The van der Waals surface area contributed by atoms with Crippen LogP contribution in [-0.2, 0) is 13.9 Å². The van der Waals surface area contributed by atoms with Crippen LogP contribution in [0.3, 0.4) is 0 Å². The molecule has 0 saturated carbocycles. The van der Waals surface area contributed by atoms with Crippen LogP contribution in [0.1, 0.15) is 219 Å². The van der Waals surface area contributed by atoms with Crippen molar-refractivity contribution in [3.63, 3.8) is 0 Å². The molecule has 1 amide bonds. The van der Waals surface area contributed by atoms with Crippen molar-refractivity contribution in [2.75, 3.05) is 6.61 Å². The number of amides is 1. The summed E-state index contributed by atoms with van der Waals surface area (Å²) in [4.78, 5) is 30.8. The summed E-state index contributed by atoms with van der Waals surface area (Å²) in [7, 11) is -4.68. The number of hydrogen-bond donors (Lipinski definition) is 4. The minimum atomic E-state index is -4.68. The van der Waals surface area contributed by atoms with Gasteiger partial charge in [-0.05, 0) is 38.5 Å². The van der Waals surface area contributed by atoms with Crippen molar-refractivity contribution < 1.29 is 28.8 Å². The van der Waals surface area contributed by atoms with Gasteiger partial charge in [-0.25, -0.2) is 4.57 Å². The van der Waals surface area contributed by atoms with Crippen molar-refractivity contribution in [2.24, 2.45) is 0 Å². The van der Waals surface area contributed by atoms with E-state index in [1.807, 2.05) is 0 Å². The Morgan fingerprint density at radius 1 is 0.583 bits per heavy atom. The highest BCUT2D eigenvalue weighted by atomic mass is 31.2. The molecule has 0 aromatic rings. The third-order valence-electron chi connectivity index (χ3n) is 9.50. The molecule has 0 aliphatic heterocycles. The Morgan fingerprint density at radius 2 is 0.938 bits per heavy atom. The second-order valence-electron chi connectivity index (χ2n) is 14.3. The number of unbranched alkanes of at least 4 members (excludes halogenated alkanes) is 27. The van der Waals surface area contributed by atoms with E-state index in [9.17, 15) is 14.5 Å². The summed E-state index contributed by atoms with van der Waals surface area (Å²) < 4.78 is 15.9. The predicted octanol–water partition coefficient (Wildman–Crippen LogP) is 12.0. The second-order valence-corrected chi connectivity index (χ2v) is 15.5. The highest BCUT2D eigenvalue weighted by Crippen LogP contribution is 2.36. The summed E-state index contributed by atoms with van der Waals surface area (Å²) in [5, 5.41) is 13.5. The summed E-state index contributed by atoms with van der Waals surface area (Å²) in [5.41, 5.74) is 0. The zero-order chi connectivity index (χ0) is 35.4. The largest absolute Gasteiger partial charge is 0.469 e. The van der Waals surface area contributed by atoms with Crippen LogP contribution in [0.5, 0.6) is 0 Å². The molecule has 0 bridgehead atoms. The first-order chi connectivity index (χ1) is 23.3. The van der Waals surface area contributed by atoms with E-state index in [2.05, 4.69) is 35.8 Å². The first-order valence-corrected chi connectivity index (χ1v) is 22.2. The molecule has 0 radical (unpaired) electrons. The maximum Gasteiger partial charge on any atom is 0.469 e. The van der Waals surface area contributed by atoms with E-state index in [4.69, 9.17) is 9.79 Å². The molecule has 286 valence electrons. The van der Waals surface area contributed by atoms with Crippen LogP contribution in [-0.4, -0.2) is 39.6 Å². The highest BCUT2D eigenvalue weighted by molar-refractivity contribution is 7.46. The summed E-state index contributed by atoms with van der Waals surface area (Å²) in [6.07, 6.45) is 42.0. The second kappa shape index (κ2) is 36.1. The van der Waals surface area contributed by atoms with Gasteiger partial charge in [-0.3, -0.25) is 9.32 Å². The van der Waals surface area contributed by atoms with Gasteiger partial charge in [0.1, 0.15) is 0 Å². The molecule has 0 spiro atoms. The summed E-state index contributed by atoms with van der Waals surface area (Å²) >= 11 is 0. The van der Waals surface area contributed by atoms with E-state index in [1.165, 1.54) is 154 Å². The van der Waals surface area contributed by atoms with Crippen molar-refractivity contribution in [3.05, 3.63) is 12.2 Å². The highest BCUT2D eigenvalue weighted by Gasteiger charge is 2.25. The minimum Gasteiger partial charge on any atom is -0.391 e. The topological polar surface area (TPSA) is 116 Å². The number of allylic oxidation sites excluding steroid dienone is 2.